The van der Waals surface area contributed by atoms with E-state index in [9.17, 15) is 9.59 Å². The zero-order valence-electron chi connectivity index (χ0n) is 26.3. The highest BCUT2D eigenvalue weighted by molar-refractivity contribution is 7.99. The number of rotatable bonds is 6. The second-order valence-corrected chi connectivity index (χ2v) is 15.6. The Labute approximate surface area is 255 Å². The molecule has 3 saturated heterocycles. The molecule has 7 atom stereocenters. The predicted molar refractivity (Wildman–Crippen MR) is 171 cm³/mol. The Bertz CT molecular complexity index is 828. The van der Waals surface area contributed by atoms with E-state index in [1.807, 2.05) is 14.1 Å². The Morgan fingerprint density at radius 2 is 1.12 bits per heavy atom. The van der Waals surface area contributed by atoms with Crippen LogP contribution in [0.3, 0.4) is 0 Å². The summed E-state index contributed by atoms with van der Waals surface area (Å²) in [5, 5.41) is 7.20. The fourth-order valence-electron chi connectivity index (χ4n) is 9.25. The molecule has 0 radical (unpaired) electrons. The zero-order valence-corrected chi connectivity index (χ0v) is 27.1. The maximum atomic E-state index is 12.9. The molecular formula is C34H60N4O2S. The topological polar surface area (TPSA) is 64.7 Å². The Kier molecular flexibility index (Phi) is 12.2. The van der Waals surface area contributed by atoms with Gasteiger partial charge in [-0.1, -0.05) is 44.9 Å². The number of likely N-dealkylation sites (N-methyl/N-ethyl adjacent to an activating group) is 2. The highest BCUT2D eigenvalue weighted by Crippen LogP contribution is 2.39. The first-order chi connectivity index (χ1) is 20.1. The lowest BCUT2D eigenvalue weighted by Crippen LogP contribution is -2.50. The summed E-state index contributed by atoms with van der Waals surface area (Å²) in [6, 6.07) is 1.23. The van der Waals surface area contributed by atoms with E-state index in [1.54, 1.807) is 0 Å². The monoisotopic (exact) mass is 588 g/mol. The number of nitrogens with zero attached hydrogens (tertiary/aromatic N) is 2. The lowest BCUT2D eigenvalue weighted by atomic mass is 9.88. The summed E-state index contributed by atoms with van der Waals surface area (Å²) in [6.07, 6.45) is 24.6. The average molecular weight is 589 g/mol. The van der Waals surface area contributed by atoms with Gasteiger partial charge in [0.2, 0.25) is 11.8 Å². The van der Waals surface area contributed by atoms with Gasteiger partial charge in [-0.3, -0.25) is 9.59 Å². The van der Waals surface area contributed by atoms with Gasteiger partial charge in [-0.15, -0.1) is 0 Å². The minimum Gasteiger partial charge on any atom is -0.338 e. The molecule has 0 aromatic rings. The first kappa shape index (κ1) is 31.6. The summed E-state index contributed by atoms with van der Waals surface area (Å²) in [4.78, 5) is 30.4. The minimum absolute atomic E-state index is 0.0615. The Morgan fingerprint density at radius 1 is 0.585 bits per heavy atom. The number of thioether (sulfide) groups is 1. The number of fused-ring (bicyclic) bond motifs is 2. The van der Waals surface area contributed by atoms with E-state index in [0.29, 0.717) is 29.1 Å². The summed E-state index contributed by atoms with van der Waals surface area (Å²) >= 11 is 2.12. The Hall–Kier alpha value is -0.790. The van der Waals surface area contributed by atoms with Crippen LogP contribution in [0, 0.1) is 17.8 Å². The van der Waals surface area contributed by atoms with Gasteiger partial charge in [-0.05, 0) is 115 Å². The number of carbonyl (C=O) groups excluding carboxylic acids is 2. The van der Waals surface area contributed by atoms with E-state index in [0.717, 1.165) is 43.7 Å². The molecule has 2 N–H and O–H groups in total. The van der Waals surface area contributed by atoms with Crippen molar-refractivity contribution in [3.8, 4) is 0 Å². The molecule has 0 spiro atoms. The molecule has 3 saturated carbocycles. The molecule has 2 amide bonds. The lowest BCUT2D eigenvalue weighted by molar-refractivity contribution is -0.136. The first-order valence-corrected chi connectivity index (χ1v) is 18.7. The van der Waals surface area contributed by atoms with Crippen LogP contribution in [0.1, 0.15) is 122 Å². The van der Waals surface area contributed by atoms with E-state index in [-0.39, 0.29) is 12.1 Å². The fourth-order valence-corrected chi connectivity index (χ4v) is 10.5. The van der Waals surface area contributed by atoms with Crippen molar-refractivity contribution in [1.82, 2.24) is 20.4 Å². The average Bonchev–Trinajstić information content (AvgIpc) is 3.52. The fraction of sp³-hybridized carbons (Fsp3) is 0.941. The van der Waals surface area contributed by atoms with Crippen molar-refractivity contribution in [2.45, 2.75) is 151 Å². The van der Waals surface area contributed by atoms with Gasteiger partial charge in [0.15, 0.2) is 0 Å². The van der Waals surface area contributed by atoms with E-state index >= 15 is 0 Å². The third-order valence-electron chi connectivity index (χ3n) is 11.7. The highest BCUT2D eigenvalue weighted by Gasteiger charge is 2.42. The number of hydrogen-bond donors (Lipinski definition) is 2. The maximum Gasteiger partial charge on any atom is 0.239 e. The van der Waals surface area contributed by atoms with Crippen molar-refractivity contribution in [3.63, 3.8) is 0 Å². The molecule has 7 heteroatoms. The molecule has 6 rings (SSSR count). The van der Waals surface area contributed by atoms with Crippen molar-refractivity contribution in [3.05, 3.63) is 0 Å². The van der Waals surface area contributed by atoms with Gasteiger partial charge < -0.3 is 20.4 Å². The highest BCUT2D eigenvalue weighted by atomic mass is 32.2. The molecule has 7 unspecified atom stereocenters. The number of likely N-dealkylation sites (tertiary alicyclic amines) is 2. The summed E-state index contributed by atoms with van der Waals surface area (Å²) in [5.41, 5.74) is 0. The van der Waals surface area contributed by atoms with Gasteiger partial charge in [0.05, 0.1) is 12.1 Å². The molecule has 6 nitrogen and oxygen atoms in total. The van der Waals surface area contributed by atoms with Crippen LogP contribution in [-0.4, -0.2) is 84.0 Å². The summed E-state index contributed by atoms with van der Waals surface area (Å²) in [7, 11) is 3.89. The Balaban J connectivity index is 0.000000165. The van der Waals surface area contributed by atoms with Crippen molar-refractivity contribution in [1.29, 1.82) is 0 Å². The van der Waals surface area contributed by atoms with Crippen LogP contribution in [0.5, 0.6) is 0 Å². The molecular weight excluding hydrogens is 528 g/mol. The van der Waals surface area contributed by atoms with Crippen LogP contribution >= 0.6 is 11.8 Å². The number of carbonyl (C=O) groups is 2. The molecule has 3 aliphatic heterocycles. The van der Waals surface area contributed by atoms with Gasteiger partial charge in [0.25, 0.3) is 0 Å². The first-order valence-electron chi connectivity index (χ1n) is 17.7. The van der Waals surface area contributed by atoms with Crippen LogP contribution in [0.15, 0.2) is 0 Å². The smallest absolute Gasteiger partial charge is 0.239 e. The number of hydrogen-bond acceptors (Lipinski definition) is 5. The van der Waals surface area contributed by atoms with Gasteiger partial charge in [0.1, 0.15) is 0 Å². The van der Waals surface area contributed by atoms with Crippen LogP contribution in [-0.2, 0) is 9.59 Å². The van der Waals surface area contributed by atoms with E-state index < -0.39 is 0 Å². The maximum absolute atomic E-state index is 12.9. The Morgan fingerprint density at radius 3 is 1.71 bits per heavy atom. The third kappa shape index (κ3) is 8.03. The van der Waals surface area contributed by atoms with Gasteiger partial charge in [-0.25, -0.2) is 0 Å². The van der Waals surface area contributed by atoms with E-state index in [4.69, 9.17) is 0 Å². The second kappa shape index (κ2) is 15.8. The van der Waals surface area contributed by atoms with Crippen LogP contribution < -0.4 is 10.6 Å². The molecule has 3 aliphatic carbocycles. The quantitative estimate of drug-likeness (QED) is 0.399. The number of amides is 2. The zero-order chi connectivity index (χ0) is 28.6. The van der Waals surface area contributed by atoms with Crippen molar-refractivity contribution >= 4 is 23.6 Å². The predicted octanol–water partition coefficient (Wildman–Crippen LogP) is 5.99. The summed E-state index contributed by atoms with van der Waals surface area (Å²) < 4.78 is 0. The molecule has 41 heavy (non-hydrogen) atoms. The molecule has 6 fully saturated rings. The molecule has 234 valence electrons. The summed E-state index contributed by atoms with van der Waals surface area (Å²) in [6.45, 7) is 2.04. The van der Waals surface area contributed by atoms with Gasteiger partial charge >= 0.3 is 0 Å². The lowest BCUT2D eigenvalue weighted by Gasteiger charge is -2.36. The van der Waals surface area contributed by atoms with Gasteiger partial charge in [0, 0.05) is 30.4 Å². The molecule has 0 bridgehead atoms. The standard InChI is InChI=1S/C17H30N2OS.C17H30N2O/c1-18-15-10-9-13-6-5-8-16(13)19(17(15)20)12-14-7-3-2-4-11-21-14;1-18-15-11-10-14-8-5-9-16(14)19(17(15)20)12-13-6-3-2-4-7-13/h13-16,18H,2-12H2,1H3;13-16,18H,2-12H2,1H3. The van der Waals surface area contributed by atoms with Crippen molar-refractivity contribution < 1.29 is 9.59 Å². The largest absolute Gasteiger partial charge is 0.338 e. The molecule has 3 heterocycles. The van der Waals surface area contributed by atoms with E-state index in [2.05, 4.69) is 32.2 Å². The normalized spacial score (nSPS) is 37.0. The van der Waals surface area contributed by atoms with Gasteiger partial charge in [-0.2, -0.15) is 11.8 Å². The van der Waals surface area contributed by atoms with E-state index in [1.165, 1.54) is 115 Å². The second-order valence-electron chi connectivity index (χ2n) is 14.2. The van der Waals surface area contributed by atoms with Crippen molar-refractivity contribution in [2.24, 2.45) is 17.8 Å². The third-order valence-corrected chi connectivity index (χ3v) is 13.0. The van der Waals surface area contributed by atoms with Crippen LogP contribution in [0.4, 0.5) is 0 Å². The molecule has 0 aromatic heterocycles. The minimum atomic E-state index is 0.0615. The number of nitrogens with one attached hydrogen (secondary N) is 2. The molecule has 6 aliphatic rings. The SMILES string of the molecule is CNC1CCC2CCCC2N(CC2CCCCC2)C1=O.CNC1CCC2CCCC2N(CC2CCCCCS2)C1=O. The van der Waals surface area contributed by atoms with Crippen molar-refractivity contribution in [2.75, 3.05) is 32.9 Å². The molecule has 0 aromatic carbocycles. The summed E-state index contributed by atoms with van der Waals surface area (Å²) in [5.74, 6) is 4.38. The van der Waals surface area contributed by atoms with Crippen LogP contribution in [0.2, 0.25) is 0 Å². The van der Waals surface area contributed by atoms with Crippen LogP contribution in [0.25, 0.3) is 0 Å².